The molecule has 3 atom stereocenters. The highest BCUT2D eigenvalue weighted by atomic mass is 16.3. The number of hydrogen-bond donors (Lipinski definition) is 1. The summed E-state index contributed by atoms with van der Waals surface area (Å²) in [4.78, 5) is 2.50. The van der Waals surface area contributed by atoms with E-state index >= 15 is 0 Å². The SMILES string of the molecule is C[C@@H]1CN(Cc2ccccc2)C[C@H](C)[C@]1(O)C1CC1. The van der Waals surface area contributed by atoms with E-state index in [0.29, 0.717) is 17.8 Å². The number of aliphatic hydroxyl groups is 1. The van der Waals surface area contributed by atoms with E-state index in [1.165, 1.54) is 18.4 Å². The summed E-state index contributed by atoms with van der Waals surface area (Å²) in [6.45, 7) is 7.51. The quantitative estimate of drug-likeness (QED) is 0.902. The monoisotopic (exact) mass is 259 g/mol. The third kappa shape index (κ3) is 2.44. The summed E-state index contributed by atoms with van der Waals surface area (Å²) in [5.74, 6) is 1.33. The fourth-order valence-electron chi connectivity index (χ4n) is 3.95. The van der Waals surface area contributed by atoms with Crippen LogP contribution >= 0.6 is 0 Å². The second kappa shape index (κ2) is 4.92. The van der Waals surface area contributed by atoms with E-state index in [4.69, 9.17) is 0 Å². The summed E-state index contributed by atoms with van der Waals surface area (Å²) in [6.07, 6.45) is 2.45. The van der Waals surface area contributed by atoms with Crippen LogP contribution in [0.2, 0.25) is 0 Å². The summed E-state index contributed by atoms with van der Waals surface area (Å²) >= 11 is 0. The van der Waals surface area contributed by atoms with Crippen LogP contribution in [0.4, 0.5) is 0 Å². The summed E-state index contributed by atoms with van der Waals surface area (Å²) in [5.41, 5.74) is 0.964. The molecule has 1 aromatic carbocycles. The van der Waals surface area contributed by atoms with Crippen LogP contribution in [0.5, 0.6) is 0 Å². The van der Waals surface area contributed by atoms with E-state index in [-0.39, 0.29) is 0 Å². The Morgan fingerprint density at radius 2 is 1.68 bits per heavy atom. The van der Waals surface area contributed by atoms with Crippen molar-refractivity contribution in [1.82, 2.24) is 4.90 Å². The Morgan fingerprint density at radius 3 is 2.21 bits per heavy atom. The first-order valence-electron chi connectivity index (χ1n) is 7.59. The van der Waals surface area contributed by atoms with Crippen molar-refractivity contribution in [1.29, 1.82) is 0 Å². The molecule has 1 aromatic rings. The van der Waals surface area contributed by atoms with E-state index in [1.807, 2.05) is 0 Å². The number of piperidine rings is 1. The topological polar surface area (TPSA) is 23.5 Å². The molecule has 0 amide bonds. The van der Waals surface area contributed by atoms with E-state index < -0.39 is 5.60 Å². The Kier molecular flexibility index (Phi) is 3.40. The summed E-state index contributed by atoms with van der Waals surface area (Å²) in [6, 6.07) is 10.7. The number of hydrogen-bond acceptors (Lipinski definition) is 2. The molecule has 0 unspecified atom stereocenters. The lowest BCUT2D eigenvalue weighted by atomic mass is 9.71. The zero-order valence-electron chi connectivity index (χ0n) is 12.0. The van der Waals surface area contributed by atoms with E-state index in [0.717, 1.165) is 19.6 Å². The first-order chi connectivity index (χ1) is 9.10. The van der Waals surface area contributed by atoms with Gasteiger partial charge in [-0.1, -0.05) is 44.2 Å². The molecule has 0 spiro atoms. The normalized spacial score (nSPS) is 36.4. The lowest BCUT2D eigenvalue weighted by Gasteiger charge is -2.48. The maximum Gasteiger partial charge on any atom is 0.0750 e. The van der Waals surface area contributed by atoms with Gasteiger partial charge in [0.05, 0.1) is 5.60 Å². The zero-order valence-corrected chi connectivity index (χ0v) is 12.0. The van der Waals surface area contributed by atoms with Gasteiger partial charge in [0, 0.05) is 19.6 Å². The maximum atomic E-state index is 11.0. The number of nitrogens with zero attached hydrogens (tertiary/aromatic N) is 1. The highest BCUT2D eigenvalue weighted by Gasteiger charge is 2.53. The van der Waals surface area contributed by atoms with Crippen LogP contribution in [-0.2, 0) is 6.54 Å². The van der Waals surface area contributed by atoms with Gasteiger partial charge in [-0.2, -0.15) is 0 Å². The molecule has 1 heterocycles. The molecule has 0 bridgehead atoms. The maximum absolute atomic E-state index is 11.0. The Labute approximate surface area is 116 Å². The molecule has 1 aliphatic heterocycles. The van der Waals surface area contributed by atoms with Crippen molar-refractivity contribution < 1.29 is 5.11 Å². The third-order valence-electron chi connectivity index (χ3n) is 5.12. The van der Waals surface area contributed by atoms with Crippen molar-refractivity contribution in [2.24, 2.45) is 17.8 Å². The minimum Gasteiger partial charge on any atom is -0.389 e. The molecule has 2 nitrogen and oxygen atoms in total. The Morgan fingerprint density at radius 1 is 1.11 bits per heavy atom. The number of benzene rings is 1. The molecule has 104 valence electrons. The van der Waals surface area contributed by atoms with Crippen molar-refractivity contribution in [3.8, 4) is 0 Å². The molecule has 2 heteroatoms. The average Bonchev–Trinajstić information content (AvgIpc) is 3.21. The third-order valence-corrected chi connectivity index (χ3v) is 5.12. The number of rotatable bonds is 3. The summed E-state index contributed by atoms with van der Waals surface area (Å²) < 4.78 is 0. The molecule has 3 rings (SSSR count). The minimum absolute atomic E-state index is 0.382. The Balaban J connectivity index is 1.68. The second-order valence-electron chi connectivity index (χ2n) is 6.64. The van der Waals surface area contributed by atoms with Gasteiger partial charge in [0.25, 0.3) is 0 Å². The van der Waals surface area contributed by atoms with Crippen LogP contribution in [0.3, 0.4) is 0 Å². The van der Waals surface area contributed by atoms with E-state index in [2.05, 4.69) is 49.1 Å². The fraction of sp³-hybridized carbons (Fsp3) is 0.647. The highest BCUT2D eigenvalue weighted by Crippen LogP contribution is 2.49. The van der Waals surface area contributed by atoms with Gasteiger partial charge in [-0.25, -0.2) is 0 Å². The van der Waals surface area contributed by atoms with Crippen LogP contribution in [0, 0.1) is 17.8 Å². The molecule has 1 N–H and O–H groups in total. The van der Waals surface area contributed by atoms with Gasteiger partial charge in [0.2, 0.25) is 0 Å². The standard InChI is InChI=1S/C17H25NO/c1-13-10-18(12-15-6-4-3-5-7-15)11-14(2)17(13,19)16-8-9-16/h3-7,13-14,16,19H,8-12H2,1-2H3/t13-,14+,17+. The van der Waals surface area contributed by atoms with Crippen molar-refractivity contribution in [2.45, 2.75) is 38.8 Å². The molecule has 2 aliphatic rings. The van der Waals surface area contributed by atoms with Crippen LogP contribution in [0.15, 0.2) is 30.3 Å². The molecule has 0 aromatic heterocycles. The Hall–Kier alpha value is -0.860. The first kappa shape index (κ1) is 13.1. The van der Waals surface area contributed by atoms with Gasteiger partial charge in [0.15, 0.2) is 0 Å². The minimum atomic E-state index is -0.410. The largest absolute Gasteiger partial charge is 0.389 e. The van der Waals surface area contributed by atoms with Gasteiger partial charge < -0.3 is 5.11 Å². The van der Waals surface area contributed by atoms with Crippen molar-refractivity contribution in [2.75, 3.05) is 13.1 Å². The number of likely N-dealkylation sites (tertiary alicyclic amines) is 1. The van der Waals surface area contributed by atoms with Gasteiger partial charge in [-0.05, 0) is 36.2 Å². The molecule has 19 heavy (non-hydrogen) atoms. The van der Waals surface area contributed by atoms with Gasteiger partial charge in [-0.3, -0.25) is 4.90 Å². The molecular weight excluding hydrogens is 234 g/mol. The van der Waals surface area contributed by atoms with Crippen LogP contribution < -0.4 is 0 Å². The van der Waals surface area contributed by atoms with Crippen molar-refractivity contribution in [3.63, 3.8) is 0 Å². The van der Waals surface area contributed by atoms with Crippen molar-refractivity contribution in [3.05, 3.63) is 35.9 Å². The Bertz CT molecular complexity index is 414. The van der Waals surface area contributed by atoms with Crippen LogP contribution in [-0.4, -0.2) is 28.7 Å². The van der Waals surface area contributed by atoms with Gasteiger partial charge in [0.1, 0.15) is 0 Å². The van der Waals surface area contributed by atoms with Gasteiger partial charge in [-0.15, -0.1) is 0 Å². The van der Waals surface area contributed by atoms with E-state index in [9.17, 15) is 5.11 Å². The second-order valence-corrected chi connectivity index (χ2v) is 6.64. The molecular formula is C17H25NO. The smallest absolute Gasteiger partial charge is 0.0750 e. The summed E-state index contributed by atoms with van der Waals surface area (Å²) in [7, 11) is 0. The summed E-state index contributed by atoms with van der Waals surface area (Å²) in [5, 5.41) is 11.0. The predicted octanol–water partition coefficient (Wildman–Crippen LogP) is 2.92. The van der Waals surface area contributed by atoms with E-state index in [1.54, 1.807) is 0 Å². The molecule has 2 fully saturated rings. The van der Waals surface area contributed by atoms with Crippen molar-refractivity contribution >= 4 is 0 Å². The van der Waals surface area contributed by atoms with Crippen LogP contribution in [0.25, 0.3) is 0 Å². The lowest BCUT2D eigenvalue weighted by Crippen LogP contribution is -2.57. The zero-order chi connectivity index (χ0) is 13.5. The molecule has 1 aliphatic carbocycles. The lowest BCUT2D eigenvalue weighted by molar-refractivity contribution is -0.122. The molecule has 1 saturated carbocycles. The average molecular weight is 259 g/mol. The first-order valence-corrected chi connectivity index (χ1v) is 7.59. The molecule has 1 saturated heterocycles. The fourth-order valence-corrected chi connectivity index (χ4v) is 3.95. The highest BCUT2D eigenvalue weighted by molar-refractivity contribution is 5.15. The molecule has 0 radical (unpaired) electrons. The van der Waals surface area contributed by atoms with Gasteiger partial charge >= 0.3 is 0 Å². The van der Waals surface area contributed by atoms with Crippen LogP contribution in [0.1, 0.15) is 32.3 Å². The predicted molar refractivity (Wildman–Crippen MR) is 77.7 cm³/mol.